The Morgan fingerprint density at radius 3 is 2.64 bits per heavy atom. The number of benzene rings is 1. The first kappa shape index (κ1) is 14.7. The SMILES string of the molecule is CCN(CC)c1ccccc1C1CC(c2ccc(C)o2)=NN1. The van der Waals surface area contributed by atoms with Crippen LogP contribution in [0.1, 0.15) is 43.4 Å². The quantitative estimate of drug-likeness (QED) is 0.910. The Morgan fingerprint density at radius 1 is 1.18 bits per heavy atom. The summed E-state index contributed by atoms with van der Waals surface area (Å²) in [6.45, 7) is 8.35. The van der Waals surface area contributed by atoms with Gasteiger partial charge in [-0.1, -0.05) is 18.2 Å². The summed E-state index contributed by atoms with van der Waals surface area (Å²) in [6, 6.07) is 12.8. The number of rotatable bonds is 5. The Balaban J connectivity index is 1.82. The monoisotopic (exact) mass is 297 g/mol. The van der Waals surface area contributed by atoms with Gasteiger partial charge < -0.3 is 14.7 Å². The van der Waals surface area contributed by atoms with Crippen LogP contribution in [0.3, 0.4) is 0 Å². The van der Waals surface area contributed by atoms with Crippen LogP contribution in [0.15, 0.2) is 45.9 Å². The predicted octanol–water partition coefficient (Wildman–Crippen LogP) is 3.87. The molecule has 0 saturated carbocycles. The molecule has 1 aromatic carbocycles. The number of nitrogens with one attached hydrogen (secondary N) is 1. The number of anilines is 1. The maximum absolute atomic E-state index is 5.69. The first-order valence-electron chi connectivity index (χ1n) is 7.95. The maximum atomic E-state index is 5.69. The molecule has 1 aliphatic heterocycles. The van der Waals surface area contributed by atoms with Gasteiger partial charge in [0.2, 0.25) is 0 Å². The fraction of sp³-hybridized carbons (Fsp3) is 0.389. The van der Waals surface area contributed by atoms with Crippen LogP contribution in [0.2, 0.25) is 0 Å². The molecule has 1 unspecified atom stereocenters. The molecule has 0 radical (unpaired) electrons. The van der Waals surface area contributed by atoms with Crippen LogP contribution < -0.4 is 10.3 Å². The van der Waals surface area contributed by atoms with Gasteiger partial charge in [0.05, 0.1) is 6.04 Å². The number of para-hydroxylation sites is 1. The minimum atomic E-state index is 0.206. The van der Waals surface area contributed by atoms with Crippen LogP contribution in [-0.2, 0) is 0 Å². The lowest BCUT2D eigenvalue weighted by Crippen LogP contribution is -2.25. The number of hydrogen-bond donors (Lipinski definition) is 1. The van der Waals surface area contributed by atoms with E-state index in [0.29, 0.717) is 0 Å². The summed E-state index contributed by atoms with van der Waals surface area (Å²) in [5, 5.41) is 4.48. The van der Waals surface area contributed by atoms with Gasteiger partial charge in [-0.05, 0) is 44.5 Å². The molecule has 116 valence electrons. The number of hydrazone groups is 1. The minimum absolute atomic E-state index is 0.206. The van der Waals surface area contributed by atoms with E-state index in [1.807, 2.05) is 19.1 Å². The van der Waals surface area contributed by atoms with Gasteiger partial charge in [0, 0.05) is 25.2 Å². The highest BCUT2D eigenvalue weighted by molar-refractivity contribution is 5.99. The van der Waals surface area contributed by atoms with Crippen molar-refractivity contribution < 1.29 is 4.42 Å². The summed E-state index contributed by atoms with van der Waals surface area (Å²) in [6.07, 6.45) is 0.852. The molecule has 1 N–H and O–H groups in total. The molecule has 0 spiro atoms. The standard InChI is InChI=1S/C18H23N3O/c1-4-21(5-2)17-9-7-6-8-14(17)15-12-16(20-19-15)18-11-10-13(3)22-18/h6-11,15,19H,4-5,12H2,1-3H3. The van der Waals surface area contributed by atoms with E-state index in [2.05, 4.69) is 53.5 Å². The molecule has 4 heteroatoms. The Hall–Kier alpha value is -2.23. The molecule has 0 bridgehead atoms. The van der Waals surface area contributed by atoms with Crippen molar-refractivity contribution in [1.82, 2.24) is 5.43 Å². The van der Waals surface area contributed by atoms with Gasteiger partial charge in [-0.3, -0.25) is 0 Å². The summed E-state index contributed by atoms with van der Waals surface area (Å²) in [5.74, 6) is 1.79. The summed E-state index contributed by atoms with van der Waals surface area (Å²) in [7, 11) is 0. The zero-order valence-corrected chi connectivity index (χ0v) is 13.5. The lowest BCUT2D eigenvalue weighted by Gasteiger charge is -2.26. The van der Waals surface area contributed by atoms with Gasteiger partial charge in [0.25, 0.3) is 0 Å². The topological polar surface area (TPSA) is 40.8 Å². The van der Waals surface area contributed by atoms with Crippen LogP contribution >= 0.6 is 0 Å². The van der Waals surface area contributed by atoms with Crippen LogP contribution in [0.4, 0.5) is 5.69 Å². The Kier molecular flexibility index (Phi) is 4.18. The van der Waals surface area contributed by atoms with Crippen LogP contribution in [0.5, 0.6) is 0 Å². The Labute approximate surface area is 131 Å². The zero-order valence-electron chi connectivity index (χ0n) is 13.5. The molecule has 1 aromatic heterocycles. The zero-order chi connectivity index (χ0) is 15.5. The molecule has 4 nitrogen and oxygen atoms in total. The second kappa shape index (κ2) is 6.26. The summed E-state index contributed by atoms with van der Waals surface area (Å²) < 4.78 is 5.69. The highest BCUT2D eigenvalue weighted by Gasteiger charge is 2.25. The Bertz CT molecular complexity index is 670. The molecule has 0 aliphatic carbocycles. The molecule has 1 aliphatic rings. The number of aryl methyl sites for hydroxylation is 1. The molecule has 0 amide bonds. The van der Waals surface area contributed by atoms with Crippen LogP contribution in [-0.4, -0.2) is 18.8 Å². The summed E-state index contributed by atoms with van der Waals surface area (Å²) in [4.78, 5) is 2.38. The Morgan fingerprint density at radius 2 is 1.95 bits per heavy atom. The third-order valence-electron chi connectivity index (χ3n) is 4.19. The highest BCUT2D eigenvalue weighted by Crippen LogP contribution is 2.32. The second-order valence-corrected chi connectivity index (χ2v) is 5.59. The lowest BCUT2D eigenvalue weighted by atomic mass is 9.99. The van der Waals surface area contributed by atoms with Gasteiger partial charge in [-0.25, -0.2) is 0 Å². The normalized spacial score (nSPS) is 17.2. The number of furan rings is 1. The average Bonchev–Trinajstić information content (AvgIpc) is 3.18. The molecule has 1 atom stereocenters. The van der Waals surface area contributed by atoms with Gasteiger partial charge >= 0.3 is 0 Å². The van der Waals surface area contributed by atoms with E-state index in [4.69, 9.17) is 4.42 Å². The van der Waals surface area contributed by atoms with E-state index in [9.17, 15) is 0 Å². The summed E-state index contributed by atoms with van der Waals surface area (Å²) >= 11 is 0. The van der Waals surface area contributed by atoms with E-state index in [1.165, 1.54) is 11.3 Å². The molecule has 3 rings (SSSR count). The van der Waals surface area contributed by atoms with E-state index in [0.717, 1.165) is 36.7 Å². The second-order valence-electron chi connectivity index (χ2n) is 5.59. The first-order valence-corrected chi connectivity index (χ1v) is 7.95. The largest absolute Gasteiger partial charge is 0.460 e. The molecular formula is C18H23N3O. The van der Waals surface area contributed by atoms with E-state index >= 15 is 0 Å². The summed E-state index contributed by atoms with van der Waals surface area (Å²) in [5.41, 5.74) is 6.86. The fourth-order valence-electron chi connectivity index (χ4n) is 3.00. The predicted molar refractivity (Wildman–Crippen MR) is 90.5 cm³/mol. The third-order valence-corrected chi connectivity index (χ3v) is 4.19. The van der Waals surface area contributed by atoms with Gasteiger partial charge in [0.15, 0.2) is 0 Å². The van der Waals surface area contributed by atoms with Crippen molar-refractivity contribution in [3.05, 3.63) is 53.5 Å². The first-order chi connectivity index (χ1) is 10.7. The average molecular weight is 297 g/mol. The highest BCUT2D eigenvalue weighted by atomic mass is 16.3. The smallest absolute Gasteiger partial charge is 0.150 e. The van der Waals surface area contributed by atoms with Crippen LogP contribution in [0, 0.1) is 6.92 Å². The van der Waals surface area contributed by atoms with Crippen molar-refractivity contribution in [2.75, 3.05) is 18.0 Å². The van der Waals surface area contributed by atoms with Crippen molar-refractivity contribution in [3.63, 3.8) is 0 Å². The van der Waals surface area contributed by atoms with Crippen molar-refractivity contribution in [1.29, 1.82) is 0 Å². The van der Waals surface area contributed by atoms with Crippen molar-refractivity contribution in [2.45, 2.75) is 33.2 Å². The number of hydrogen-bond acceptors (Lipinski definition) is 4. The van der Waals surface area contributed by atoms with Crippen molar-refractivity contribution >= 4 is 11.4 Å². The molecular weight excluding hydrogens is 274 g/mol. The van der Waals surface area contributed by atoms with Gasteiger partial charge in [-0.15, -0.1) is 0 Å². The van der Waals surface area contributed by atoms with E-state index in [1.54, 1.807) is 0 Å². The van der Waals surface area contributed by atoms with Crippen LogP contribution in [0.25, 0.3) is 0 Å². The minimum Gasteiger partial charge on any atom is -0.460 e. The molecule has 2 aromatic rings. The molecule has 22 heavy (non-hydrogen) atoms. The van der Waals surface area contributed by atoms with E-state index in [-0.39, 0.29) is 6.04 Å². The fourth-order valence-corrected chi connectivity index (χ4v) is 3.00. The third kappa shape index (κ3) is 2.73. The molecule has 0 fully saturated rings. The number of nitrogens with zero attached hydrogens (tertiary/aromatic N) is 2. The maximum Gasteiger partial charge on any atom is 0.150 e. The van der Waals surface area contributed by atoms with Gasteiger partial charge in [0.1, 0.15) is 17.2 Å². The molecule has 2 heterocycles. The molecule has 0 saturated heterocycles. The van der Waals surface area contributed by atoms with Gasteiger partial charge in [-0.2, -0.15) is 5.10 Å². The lowest BCUT2D eigenvalue weighted by molar-refractivity contribution is 0.524. The van der Waals surface area contributed by atoms with Crippen molar-refractivity contribution in [3.8, 4) is 0 Å². The van der Waals surface area contributed by atoms with Crippen molar-refractivity contribution in [2.24, 2.45) is 5.10 Å². The van der Waals surface area contributed by atoms with E-state index < -0.39 is 0 Å².